The first kappa shape index (κ1) is 14.9. The third-order valence-corrected chi connectivity index (χ3v) is 4.02. The van der Waals surface area contributed by atoms with Gasteiger partial charge >= 0.3 is 0 Å². The summed E-state index contributed by atoms with van der Waals surface area (Å²) in [5, 5.41) is 6.54. The van der Waals surface area contributed by atoms with Gasteiger partial charge in [-0.25, -0.2) is 0 Å². The first-order valence-electron chi connectivity index (χ1n) is 7.61. The maximum atomic E-state index is 12.6. The van der Waals surface area contributed by atoms with Crippen molar-refractivity contribution in [2.24, 2.45) is 5.92 Å². The fraction of sp³-hybridized carbons (Fsp3) is 0.588. The molecule has 0 aliphatic heterocycles. The Morgan fingerprint density at radius 2 is 2.05 bits per heavy atom. The van der Waals surface area contributed by atoms with E-state index in [-0.39, 0.29) is 11.4 Å². The van der Waals surface area contributed by atoms with Crippen molar-refractivity contribution in [1.29, 1.82) is 0 Å². The van der Waals surface area contributed by atoms with Crippen LogP contribution >= 0.6 is 0 Å². The Morgan fingerprint density at radius 3 is 2.65 bits per heavy atom. The lowest BCUT2D eigenvalue weighted by atomic mass is 9.97. The number of carbonyl (C=O) groups excluding carboxylic acids is 1. The Kier molecular flexibility index (Phi) is 4.36. The predicted molar refractivity (Wildman–Crippen MR) is 84.2 cm³/mol. The van der Waals surface area contributed by atoms with E-state index in [9.17, 15) is 4.79 Å². The van der Waals surface area contributed by atoms with Crippen LogP contribution < -0.4 is 10.6 Å². The van der Waals surface area contributed by atoms with E-state index in [1.165, 1.54) is 12.8 Å². The minimum absolute atomic E-state index is 0.0317. The average molecular weight is 274 g/mol. The molecule has 0 unspecified atom stereocenters. The number of rotatable bonds is 6. The summed E-state index contributed by atoms with van der Waals surface area (Å²) < 4.78 is 0. The zero-order valence-corrected chi connectivity index (χ0v) is 13.0. The van der Waals surface area contributed by atoms with Gasteiger partial charge in [0.25, 0.3) is 5.91 Å². The second-order valence-electron chi connectivity index (χ2n) is 6.43. The molecule has 0 heterocycles. The highest BCUT2D eigenvalue weighted by molar-refractivity contribution is 6.00. The smallest absolute Gasteiger partial charge is 0.253 e. The van der Waals surface area contributed by atoms with Crippen LogP contribution in [0.5, 0.6) is 0 Å². The first-order chi connectivity index (χ1) is 9.44. The Labute approximate surface area is 122 Å². The largest absolute Gasteiger partial charge is 0.384 e. The van der Waals surface area contributed by atoms with Gasteiger partial charge in [-0.2, -0.15) is 0 Å². The van der Waals surface area contributed by atoms with Crippen LogP contribution in [-0.4, -0.2) is 18.0 Å². The molecule has 1 amide bonds. The molecule has 0 atom stereocenters. The van der Waals surface area contributed by atoms with Crippen LogP contribution in [0.2, 0.25) is 0 Å². The molecule has 1 aromatic carbocycles. The van der Waals surface area contributed by atoms with Gasteiger partial charge in [0.2, 0.25) is 0 Å². The van der Waals surface area contributed by atoms with Gasteiger partial charge < -0.3 is 10.6 Å². The van der Waals surface area contributed by atoms with E-state index in [2.05, 4.69) is 31.4 Å². The molecular formula is C17H26N2O. The third-order valence-electron chi connectivity index (χ3n) is 4.02. The van der Waals surface area contributed by atoms with Crippen molar-refractivity contribution in [3.8, 4) is 0 Å². The van der Waals surface area contributed by atoms with E-state index < -0.39 is 0 Å². The van der Waals surface area contributed by atoms with Crippen LogP contribution in [0, 0.1) is 12.8 Å². The van der Waals surface area contributed by atoms with Crippen LogP contribution in [0.1, 0.15) is 56.0 Å². The number of hydrogen-bond acceptors (Lipinski definition) is 2. The summed E-state index contributed by atoms with van der Waals surface area (Å²) in [6, 6.07) is 6.02. The van der Waals surface area contributed by atoms with Gasteiger partial charge in [0.1, 0.15) is 0 Å². The number of hydrogen-bond donors (Lipinski definition) is 2. The molecule has 110 valence electrons. The monoisotopic (exact) mass is 274 g/mol. The van der Waals surface area contributed by atoms with Crippen LogP contribution in [-0.2, 0) is 0 Å². The van der Waals surface area contributed by atoms with Gasteiger partial charge in [0.15, 0.2) is 0 Å². The van der Waals surface area contributed by atoms with Crippen molar-refractivity contribution >= 4 is 11.6 Å². The molecule has 0 aromatic heterocycles. The van der Waals surface area contributed by atoms with Crippen molar-refractivity contribution in [3.05, 3.63) is 29.3 Å². The van der Waals surface area contributed by atoms with E-state index in [0.29, 0.717) is 5.92 Å². The summed E-state index contributed by atoms with van der Waals surface area (Å²) in [5.41, 5.74) is 2.69. The number of benzene rings is 1. The second-order valence-corrected chi connectivity index (χ2v) is 6.43. The summed E-state index contributed by atoms with van der Waals surface area (Å²) in [6.07, 6.45) is 3.49. The highest BCUT2D eigenvalue weighted by Crippen LogP contribution is 2.39. The highest BCUT2D eigenvalue weighted by Gasteiger charge is 2.39. The first-order valence-corrected chi connectivity index (χ1v) is 7.61. The zero-order chi connectivity index (χ0) is 14.8. The molecule has 3 heteroatoms. The molecule has 0 bridgehead atoms. The van der Waals surface area contributed by atoms with Crippen LogP contribution in [0.25, 0.3) is 0 Å². The van der Waals surface area contributed by atoms with E-state index in [1.807, 2.05) is 25.1 Å². The highest BCUT2D eigenvalue weighted by atomic mass is 16.1. The maximum absolute atomic E-state index is 12.6. The Bertz CT molecular complexity index is 490. The summed E-state index contributed by atoms with van der Waals surface area (Å²) in [7, 11) is 0. The standard InChI is InChI=1S/C17H26N2O/c1-5-10-18-15-9-6-12(2)11-14(15)16(20)19-17(3,4)13-7-8-13/h6,9,11,13,18H,5,7-8,10H2,1-4H3,(H,19,20). The fourth-order valence-electron chi connectivity index (χ4n) is 2.53. The summed E-state index contributed by atoms with van der Waals surface area (Å²) in [6.45, 7) is 9.27. The van der Waals surface area contributed by atoms with Gasteiger partial charge in [-0.3, -0.25) is 4.79 Å². The summed E-state index contributed by atoms with van der Waals surface area (Å²) in [5.74, 6) is 0.660. The number of amides is 1. The SMILES string of the molecule is CCCNc1ccc(C)cc1C(=O)NC(C)(C)C1CC1. The van der Waals surface area contributed by atoms with Gasteiger partial charge in [0, 0.05) is 17.8 Å². The van der Waals surface area contributed by atoms with Crippen molar-refractivity contribution in [3.63, 3.8) is 0 Å². The van der Waals surface area contributed by atoms with Crippen molar-refractivity contribution in [2.75, 3.05) is 11.9 Å². The molecule has 1 fully saturated rings. The molecule has 1 aliphatic carbocycles. The van der Waals surface area contributed by atoms with Gasteiger partial charge in [0.05, 0.1) is 5.56 Å². The lowest BCUT2D eigenvalue weighted by Crippen LogP contribution is -2.45. The summed E-state index contributed by atoms with van der Waals surface area (Å²) >= 11 is 0. The third kappa shape index (κ3) is 3.53. The molecule has 0 saturated heterocycles. The molecule has 2 rings (SSSR count). The summed E-state index contributed by atoms with van der Waals surface area (Å²) in [4.78, 5) is 12.6. The second kappa shape index (κ2) is 5.86. The number of anilines is 1. The van der Waals surface area contributed by atoms with Crippen LogP contribution in [0.3, 0.4) is 0 Å². The van der Waals surface area contributed by atoms with Gasteiger partial charge in [-0.15, -0.1) is 0 Å². The van der Waals surface area contributed by atoms with Crippen molar-refractivity contribution in [1.82, 2.24) is 5.32 Å². The van der Waals surface area contributed by atoms with E-state index in [4.69, 9.17) is 0 Å². The molecule has 2 N–H and O–H groups in total. The van der Waals surface area contributed by atoms with Crippen molar-refractivity contribution < 1.29 is 4.79 Å². The minimum Gasteiger partial charge on any atom is -0.384 e. The Balaban J connectivity index is 2.16. The van der Waals surface area contributed by atoms with E-state index in [1.54, 1.807) is 0 Å². The fourth-order valence-corrected chi connectivity index (χ4v) is 2.53. The Hall–Kier alpha value is -1.51. The van der Waals surface area contributed by atoms with Crippen LogP contribution in [0.15, 0.2) is 18.2 Å². The quantitative estimate of drug-likeness (QED) is 0.829. The van der Waals surface area contributed by atoms with Crippen LogP contribution in [0.4, 0.5) is 5.69 Å². The maximum Gasteiger partial charge on any atom is 0.253 e. The molecule has 3 nitrogen and oxygen atoms in total. The molecule has 1 saturated carbocycles. The lowest BCUT2D eigenvalue weighted by molar-refractivity contribution is 0.0904. The van der Waals surface area contributed by atoms with Gasteiger partial charge in [-0.1, -0.05) is 18.6 Å². The molecule has 1 aromatic rings. The van der Waals surface area contributed by atoms with E-state index >= 15 is 0 Å². The topological polar surface area (TPSA) is 41.1 Å². The van der Waals surface area contributed by atoms with Crippen molar-refractivity contribution in [2.45, 2.75) is 52.5 Å². The zero-order valence-electron chi connectivity index (χ0n) is 13.0. The molecule has 20 heavy (non-hydrogen) atoms. The van der Waals surface area contributed by atoms with Gasteiger partial charge in [-0.05, 0) is 58.1 Å². The number of carbonyl (C=O) groups is 1. The normalized spacial score (nSPS) is 15.0. The lowest BCUT2D eigenvalue weighted by Gasteiger charge is -2.27. The minimum atomic E-state index is -0.108. The molecule has 0 spiro atoms. The number of aryl methyl sites for hydroxylation is 1. The molecular weight excluding hydrogens is 248 g/mol. The number of nitrogens with one attached hydrogen (secondary N) is 2. The molecule has 0 radical (unpaired) electrons. The van der Waals surface area contributed by atoms with E-state index in [0.717, 1.165) is 29.8 Å². The molecule has 1 aliphatic rings. The average Bonchev–Trinajstić information content (AvgIpc) is 3.21. The predicted octanol–water partition coefficient (Wildman–Crippen LogP) is 3.74. The Morgan fingerprint density at radius 1 is 1.35 bits per heavy atom.